The number of likely N-dealkylation sites (N-methyl/N-ethyl adjacent to an activating group) is 1. The summed E-state index contributed by atoms with van der Waals surface area (Å²) in [6.07, 6.45) is 2.03. The van der Waals surface area contributed by atoms with Crippen molar-refractivity contribution < 1.29 is 19.1 Å². The first-order valence-corrected chi connectivity index (χ1v) is 8.18. The zero-order chi connectivity index (χ0) is 18.8. The van der Waals surface area contributed by atoms with Crippen LogP contribution in [0.2, 0.25) is 0 Å². The number of carbonyl (C=O) groups excluding carboxylic acids is 1. The molecule has 1 aliphatic carbocycles. The van der Waals surface area contributed by atoms with Gasteiger partial charge in [0.15, 0.2) is 5.82 Å². The average molecular weight is 399 g/mol. The monoisotopic (exact) mass is 398 g/mol. The maximum Gasteiger partial charge on any atom is 0.320 e. The number of carboxylic acids is 1. The summed E-state index contributed by atoms with van der Waals surface area (Å²) in [5.74, 6) is -1.14. The van der Waals surface area contributed by atoms with Gasteiger partial charge in [-0.15, -0.1) is 17.5 Å². The molecule has 11 heteroatoms. The summed E-state index contributed by atoms with van der Waals surface area (Å²) in [4.78, 5) is 24.4. The number of benzene rings is 1. The number of carbonyl (C=O) groups is 2. The number of amides is 1. The Kier molecular flexibility index (Phi) is 6.45. The van der Waals surface area contributed by atoms with Crippen molar-refractivity contribution in [3.8, 4) is 5.69 Å². The Morgan fingerprint density at radius 2 is 2.15 bits per heavy atom. The molecule has 1 heterocycles. The van der Waals surface area contributed by atoms with E-state index in [1.54, 1.807) is 0 Å². The van der Waals surface area contributed by atoms with Crippen LogP contribution in [-0.4, -0.2) is 61.7 Å². The van der Waals surface area contributed by atoms with Crippen molar-refractivity contribution in [3.05, 3.63) is 29.8 Å². The molecule has 2 aromatic rings. The maximum absolute atomic E-state index is 14.1. The van der Waals surface area contributed by atoms with Gasteiger partial charge in [-0.05, 0) is 55.4 Å². The van der Waals surface area contributed by atoms with E-state index in [-0.39, 0.29) is 24.6 Å². The normalized spacial score (nSPS) is 14.5. The zero-order valence-electron chi connectivity index (χ0n) is 14.8. The number of anilines is 1. The van der Waals surface area contributed by atoms with E-state index in [2.05, 4.69) is 20.8 Å². The fourth-order valence-electron chi connectivity index (χ4n) is 2.46. The Hall–Kier alpha value is -2.59. The molecule has 0 saturated heterocycles. The van der Waals surface area contributed by atoms with Gasteiger partial charge in [0, 0.05) is 5.92 Å². The lowest BCUT2D eigenvalue weighted by Gasteiger charge is -2.20. The molecule has 1 unspecified atom stereocenters. The van der Waals surface area contributed by atoms with Gasteiger partial charge >= 0.3 is 5.97 Å². The van der Waals surface area contributed by atoms with Gasteiger partial charge in [0.1, 0.15) is 11.9 Å². The van der Waals surface area contributed by atoms with E-state index < -0.39 is 23.7 Å². The quantitative estimate of drug-likeness (QED) is 0.725. The van der Waals surface area contributed by atoms with Gasteiger partial charge in [-0.3, -0.25) is 14.5 Å². The summed E-state index contributed by atoms with van der Waals surface area (Å²) < 4.78 is 15.6. The molecule has 1 fully saturated rings. The third-order valence-corrected chi connectivity index (χ3v) is 4.32. The van der Waals surface area contributed by atoms with Crippen LogP contribution in [0.15, 0.2) is 18.2 Å². The van der Waals surface area contributed by atoms with E-state index in [4.69, 9.17) is 5.11 Å². The number of hydrogen-bond donors (Lipinski definition) is 2. The fraction of sp³-hybridized carbons (Fsp3) is 0.438. The summed E-state index contributed by atoms with van der Waals surface area (Å²) >= 11 is 0. The van der Waals surface area contributed by atoms with Crippen LogP contribution < -0.4 is 5.32 Å². The molecule has 1 saturated carbocycles. The Balaban J connectivity index is 0.00000261. The van der Waals surface area contributed by atoms with E-state index in [0.29, 0.717) is 17.4 Å². The first-order valence-electron chi connectivity index (χ1n) is 8.18. The molecule has 0 radical (unpaired) electrons. The highest BCUT2D eigenvalue weighted by Crippen LogP contribution is 2.39. The first kappa shape index (κ1) is 20.7. The van der Waals surface area contributed by atoms with Crippen LogP contribution in [0.4, 0.5) is 10.1 Å². The number of nitrogens with zero attached hydrogens (tertiary/aromatic N) is 5. The van der Waals surface area contributed by atoms with Crippen LogP contribution >= 0.6 is 12.4 Å². The number of rotatable bonds is 7. The fourth-order valence-corrected chi connectivity index (χ4v) is 2.46. The summed E-state index contributed by atoms with van der Waals surface area (Å²) in [6.45, 7) is 1.28. The lowest BCUT2D eigenvalue weighted by molar-refractivity contribution is -0.142. The lowest BCUT2D eigenvalue weighted by Crippen LogP contribution is -2.40. The molecule has 27 heavy (non-hydrogen) atoms. The summed E-state index contributed by atoms with van der Waals surface area (Å²) in [5, 5.41) is 23.0. The zero-order valence-corrected chi connectivity index (χ0v) is 15.6. The van der Waals surface area contributed by atoms with Crippen LogP contribution in [-0.2, 0) is 9.59 Å². The van der Waals surface area contributed by atoms with Crippen LogP contribution in [0.3, 0.4) is 0 Å². The molecular formula is C16H20ClFN6O3. The third kappa shape index (κ3) is 4.77. The van der Waals surface area contributed by atoms with Gasteiger partial charge in [0.2, 0.25) is 5.91 Å². The van der Waals surface area contributed by atoms with Crippen molar-refractivity contribution >= 4 is 30.0 Å². The van der Waals surface area contributed by atoms with E-state index in [1.165, 1.54) is 41.8 Å². The van der Waals surface area contributed by atoms with Crippen LogP contribution in [0.5, 0.6) is 0 Å². The molecule has 1 aromatic heterocycles. The highest BCUT2D eigenvalue weighted by Gasteiger charge is 2.30. The van der Waals surface area contributed by atoms with Gasteiger partial charge in [0.25, 0.3) is 0 Å². The molecule has 2 N–H and O–H groups in total. The van der Waals surface area contributed by atoms with Gasteiger partial charge in [-0.2, -0.15) is 4.68 Å². The molecule has 1 atom stereocenters. The minimum Gasteiger partial charge on any atom is -0.480 e. The number of tetrazole rings is 1. The molecule has 1 aromatic carbocycles. The number of aromatic nitrogens is 4. The van der Waals surface area contributed by atoms with E-state index in [0.717, 1.165) is 12.8 Å². The molecule has 0 aliphatic heterocycles. The van der Waals surface area contributed by atoms with E-state index in [9.17, 15) is 14.0 Å². The van der Waals surface area contributed by atoms with Gasteiger partial charge in [0.05, 0.1) is 17.9 Å². The summed E-state index contributed by atoms with van der Waals surface area (Å²) in [7, 11) is 1.51. The minimum atomic E-state index is -1.04. The number of aliphatic carboxylic acids is 1. The van der Waals surface area contributed by atoms with E-state index >= 15 is 0 Å². The van der Waals surface area contributed by atoms with Crippen molar-refractivity contribution in [1.29, 1.82) is 0 Å². The van der Waals surface area contributed by atoms with Crippen molar-refractivity contribution in [2.24, 2.45) is 0 Å². The largest absolute Gasteiger partial charge is 0.480 e. The van der Waals surface area contributed by atoms with E-state index in [1.807, 2.05) is 0 Å². The maximum atomic E-state index is 14.1. The Labute approximate surface area is 160 Å². The average Bonchev–Trinajstić information content (AvgIpc) is 3.32. The van der Waals surface area contributed by atoms with Crippen molar-refractivity contribution in [3.63, 3.8) is 0 Å². The van der Waals surface area contributed by atoms with Crippen molar-refractivity contribution in [1.82, 2.24) is 25.1 Å². The number of carboxylic acid groups (broad SMARTS) is 1. The second kappa shape index (κ2) is 8.40. The topological polar surface area (TPSA) is 113 Å². The van der Waals surface area contributed by atoms with Crippen molar-refractivity contribution in [2.75, 3.05) is 18.9 Å². The van der Waals surface area contributed by atoms with Crippen LogP contribution in [0.25, 0.3) is 5.69 Å². The standard InChI is InChI=1S/C16H19FN6O3.ClH/c1-9(16(25)26)22(2)8-14(24)18-13-7-11(5-6-12(13)17)23-15(10-3-4-10)19-20-21-23;/h5-7,9-10H,3-4,8H2,1-2H3,(H,18,24)(H,25,26);1H. The summed E-state index contributed by atoms with van der Waals surface area (Å²) in [5.41, 5.74) is 0.530. The molecule has 1 amide bonds. The Morgan fingerprint density at radius 3 is 2.78 bits per heavy atom. The molecular weight excluding hydrogens is 379 g/mol. The smallest absolute Gasteiger partial charge is 0.320 e. The third-order valence-electron chi connectivity index (χ3n) is 4.32. The van der Waals surface area contributed by atoms with Gasteiger partial charge in [-0.25, -0.2) is 4.39 Å². The van der Waals surface area contributed by atoms with Crippen LogP contribution in [0.1, 0.15) is 31.5 Å². The Bertz CT molecular complexity index is 841. The molecule has 0 bridgehead atoms. The minimum absolute atomic E-state index is 0. The predicted octanol–water partition coefficient (Wildman–Crippen LogP) is 1.44. The van der Waals surface area contributed by atoms with Crippen molar-refractivity contribution in [2.45, 2.75) is 31.7 Å². The predicted molar refractivity (Wildman–Crippen MR) is 96.7 cm³/mol. The van der Waals surface area contributed by atoms with Crippen LogP contribution in [0, 0.1) is 5.82 Å². The molecule has 146 valence electrons. The SMILES string of the molecule is CC(C(=O)O)N(C)CC(=O)Nc1cc(-n2nnnc2C2CC2)ccc1F.Cl. The number of nitrogens with one attached hydrogen (secondary N) is 1. The number of halogens is 2. The highest BCUT2D eigenvalue weighted by atomic mass is 35.5. The molecule has 1 aliphatic rings. The first-order chi connectivity index (χ1) is 12.4. The molecule has 9 nitrogen and oxygen atoms in total. The highest BCUT2D eigenvalue weighted by molar-refractivity contribution is 5.93. The van der Waals surface area contributed by atoms with Gasteiger partial charge < -0.3 is 10.4 Å². The molecule has 3 rings (SSSR count). The number of hydrogen-bond acceptors (Lipinski definition) is 6. The molecule has 0 spiro atoms. The second-order valence-corrected chi connectivity index (χ2v) is 6.36. The second-order valence-electron chi connectivity index (χ2n) is 6.36. The van der Waals surface area contributed by atoms with Gasteiger partial charge in [-0.1, -0.05) is 0 Å². The summed E-state index contributed by atoms with van der Waals surface area (Å²) in [6, 6.07) is 3.38. The lowest BCUT2D eigenvalue weighted by atomic mass is 10.2. The Morgan fingerprint density at radius 1 is 1.44 bits per heavy atom.